The van der Waals surface area contributed by atoms with Crippen molar-refractivity contribution in [2.24, 2.45) is 0 Å². The van der Waals surface area contributed by atoms with Crippen LogP contribution >= 0.6 is 0 Å². The summed E-state index contributed by atoms with van der Waals surface area (Å²) < 4.78 is 5.83. The molecule has 15 heavy (non-hydrogen) atoms. The van der Waals surface area contributed by atoms with Gasteiger partial charge >= 0.3 is 0 Å². The van der Waals surface area contributed by atoms with Crippen molar-refractivity contribution in [3.05, 3.63) is 41.5 Å². The highest BCUT2D eigenvalue weighted by atomic mass is 28.4. The van der Waals surface area contributed by atoms with Crippen LogP contribution in [0.15, 0.2) is 35.9 Å². The van der Waals surface area contributed by atoms with Crippen molar-refractivity contribution in [2.75, 3.05) is 6.61 Å². The zero-order chi connectivity index (χ0) is 11.3. The summed E-state index contributed by atoms with van der Waals surface area (Å²) in [5.41, 5.74) is 2.53. The molecule has 1 rings (SSSR count). The third kappa shape index (κ3) is 5.55. The molecule has 0 spiro atoms. The van der Waals surface area contributed by atoms with Crippen molar-refractivity contribution in [2.45, 2.75) is 26.6 Å². The Labute approximate surface area is 93.9 Å². The first kappa shape index (κ1) is 12.2. The number of hydrogen-bond donors (Lipinski definition) is 0. The molecule has 0 N–H and O–H groups in total. The molecule has 0 atom stereocenters. The predicted octanol–water partition coefficient (Wildman–Crippen LogP) is 3.94. The van der Waals surface area contributed by atoms with Crippen LogP contribution in [0.3, 0.4) is 0 Å². The molecular weight excluding hydrogens is 200 g/mol. The summed E-state index contributed by atoms with van der Waals surface area (Å²) in [5.74, 6) is 0. The average Bonchev–Trinajstić information content (AvgIpc) is 2.15. The maximum atomic E-state index is 5.83. The first-order chi connectivity index (χ1) is 6.97. The summed E-state index contributed by atoms with van der Waals surface area (Å²) in [6.07, 6.45) is 2.18. The topological polar surface area (TPSA) is 9.23 Å². The Morgan fingerprint density at radius 3 is 2.33 bits per heavy atom. The van der Waals surface area contributed by atoms with Gasteiger partial charge in [-0.3, -0.25) is 0 Å². The van der Waals surface area contributed by atoms with Crippen LogP contribution in [-0.4, -0.2) is 14.9 Å². The van der Waals surface area contributed by atoms with Crippen molar-refractivity contribution >= 4 is 14.4 Å². The minimum atomic E-state index is -1.38. The summed E-state index contributed by atoms with van der Waals surface area (Å²) in [4.78, 5) is 0. The van der Waals surface area contributed by atoms with Crippen molar-refractivity contribution in [1.82, 2.24) is 0 Å². The predicted molar refractivity (Wildman–Crippen MR) is 69.4 cm³/mol. The smallest absolute Gasteiger partial charge is 0.184 e. The molecule has 0 unspecified atom stereocenters. The normalized spacial score (nSPS) is 12.9. The van der Waals surface area contributed by atoms with Gasteiger partial charge in [-0.2, -0.15) is 0 Å². The van der Waals surface area contributed by atoms with E-state index in [0.29, 0.717) is 0 Å². The molecule has 1 aromatic rings. The summed E-state index contributed by atoms with van der Waals surface area (Å²) in [7, 11) is -1.38. The van der Waals surface area contributed by atoms with Gasteiger partial charge in [-0.1, -0.05) is 36.4 Å². The molecule has 0 aliphatic carbocycles. The van der Waals surface area contributed by atoms with Crippen molar-refractivity contribution in [3.63, 3.8) is 0 Å². The lowest BCUT2D eigenvalue weighted by molar-refractivity contribution is 0.347. The van der Waals surface area contributed by atoms with E-state index in [0.717, 1.165) is 6.61 Å². The van der Waals surface area contributed by atoms with E-state index in [1.54, 1.807) is 0 Å². The Balaban J connectivity index is 2.54. The molecule has 0 aliphatic heterocycles. The maximum Gasteiger partial charge on any atom is 0.184 e. The Hall–Kier alpha value is -0.863. The van der Waals surface area contributed by atoms with Crippen LogP contribution in [0, 0.1) is 0 Å². The molecule has 0 fully saturated rings. The lowest BCUT2D eigenvalue weighted by Gasteiger charge is -2.17. The van der Waals surface area contributed by atoms with E-state index in [-0.39, 0.29) is 0 Å². The summed E-state index contributed by atoms with van der Waals surface area (Å²) in [6, 6.07) is 10.4. The summed E-state index contributed by atoms with van der Waals surface area (Å²) >= 11 is 0. The fourth-order valence-corrected chi connectivity index (χ4v) is 1.87. The number of benzene rings is 1. The average molecular weight is 220 g/mol. The lowest BCUT2D eigenvalue weighted by Crippen LogP contribution is -2.26. The van der Waals surface area contributed by atoms with Gasteiger partial charge in [0.1, 0.15) is 0 Å². The minimum absolute atomic E-state index is 0.755. The van der Waals surface area contributed by atoms with E-state index in [4.69, 9.17) is 4.43 Å². The van der Waals surface area contributed by atoms with Gasteiger partial charge in [-0.05, 0) is 37.7 Å². The molecule has 2 heteroatoms. The van der Waals surface area contributed by atoms with Crippen LogP contribution in [0.5, 0.6) is 0 Å². The first-order valence-corrected chi connectivity index (χ1v) is 8.74. The van der Waals surface area contributed by atoms with E-state index >= 15 is 0 Å². The van der Waals surface area contributed by atoms with E-state index in [1.165, 1.54) is 11.1 Å². The molecular formula is C13H20OSi. The van der Waals surface area contributed by atoms with Gasteiger partial charge in [0.25, 0.3) is 0 Å². The Morgan fingerprint density at radius 2 is 1.80 bits per heavy atom. The molecule has 0 amide bonds. The zero-order valence-electron chi connectivity index (χ0n) is 10.1. The maximum absolute atomic E-state index is 5.83. The van der Waals surface area contributed by atoms with E-state index < -0.39 is 8.32 Å². The van der Waals surface area contributed by atoms with Gasteiger partial charge in [0, 0.05) is 0 Å². The molecule has 0 heterocycles. The SMILES string of the molecule is C/C(=C\c1ccccc1)CO[Si](C)(C)C. The molecule has 0 saturated carbocycles. The van der Waals surface area contributed by atoms with Crippen LogP contribution in [-0.2, 0) is 4.43 Å². The highest BCUT2D eigenvalue weighted by Gasteiger charge is 2.13. The first-order valence-electron chi connectivity index (χ1n) is 5.33. The zero-order valence-corrected chi connectivity index (χ0v) is 11.1. The molecule has 0 bridgehead atoms. The summed E-state index contributed by atoms with van der Waals surface area (Å²) in [6.45, 7) is 9.51. The molecule has 1 aromatic carbocycles. The van der Waals surface area contributed by atoms with Gasteiger partial charge < -0.3 is 4.43 Å². The van der Waals surface area contributed by atoms with Crippen molar-refractivity contribution < 1.29 is 4.43 Å². The van der Waals surface area contributed by atoms with E-state index in [1.807, 2.05) is 6.07 Å². The highest BCUT2D eigenvalue weighted by Crippen LogP contribution is 2.09. The van der Waals surface area contributed by atoms with E-state index in [2.05, 4.69) is 56.9 Å². The highest BCUT2D eigenvalue weighted by molar-refractivity contribution is 6.69. The van der Waals surface area contributed by atoms with Gasteiger partial charge in [0.2, 0.25) is 0 Å². The Kier molecular flexibility index (Phi) is 4.30. The van der Waals surface area contributed by atoms with Crippen LogP contribution < -0.4 is 0 Å². The van der Waals surface area contributed by atoms with Gasteiger partial charge in [-0.15, -0.1) is 0 Å². The molecule has 0 aliphatic rings. The largest absolute Gasteiger partial charge is 0.414 e. The Bertz CT molecular complexity index is 322. The second-order valence-corrected chi connectivity index (χ2v) is 9.32. The standard InChI is InChI=1S/C13H20OSi/c1-12(11-14-15(2,3)4)10-13-8-6-5-7-9-13/h5-10H,11H2,1-4H3/b12-10+. The monoisotopic (exact) mass is 220 g/mol. The quantitative estimate of drug-likeness (QED) is 0.698. The molecule has 1 nitrogen and oxygen atoms in total. The fraction of sp³-hybridized carbons (Fsp3) is 0.385. The minimum Gasteiger partial charge on any atom is -0.414 e. The van der Waals surface area contributed by atoms with Gasteiger partial charge in [0.15, 0.2) is 8.32 Å². The molecule has 0 radical (unpaired) electrons. The van der Waals surface area contributed by atoms with Crippen LogP contribution in [0.1, 0.15) is 12.5 Å². The Morgan fingerprint density at radius 1 is 1.20 bits per heavy atom. The third-order valence-corrected chi connectivity index (χ3v) is 2.96. The van der Waals surface area contributed by atoms with Crippen molar-refractivity contribution in [3.8, 4) is 0 Å². The van der Waals surface area contributed by atoms with Crippen molar-refractivity contribution in [1.29, 1.82) is 0 Å². The number of hydrogen-bond acceptors (Lipinski definition) is 1. The summed E-state index contributed by atoms with van der Waals surface area (Å²) in [5, 5.41) is 0. The fourth-order valence-electron chi connectivity index (χ4n) is 1.21. The van der Waals surface area contributed by atoms with Crippen LogP contribution in [0.4, 0.5) is 0 Å². The second kappa shape index (κ2) is 5.28. The molecule has 0 saturated heterocycles. The lowest BCUT2D eigenvalue weighted by atomic mass is 10.1. The molecule has 0 aromatic heterocycles. The molecule has 82 valence electrons. The number of rotatable bonds is 4. The van der Waals surface area contributed by atoms with Crippen LogP contribution in [0.25, 0.3) is 6.08 Å². The van der Waals surface area contributed by atoms with Gasteiger partial charge in [0.05, 0.1) is 6.61 Å². The third-order valence-electron chi connectivity index (χ3n) is 1.95. The van der Waals surface area contributed by atoms with E-state index in [9.17, 15) is 0 Å². The van der Waals surface area contributed by atoms with Gasteiger partial charge in [-0.25, -0.2) is 0 Å². The van der Waals surface area contributed by atoms with Crippen LogP contribution in [0.2, 0.25) is 19.6 Å². The second-order valence-electron chi connectivity index (χ2n) is 4.80.